The van der Waals surface area contributed by atoms with E-state index in [1.807, 2.05) is 6.07 Å². The topological polar surface area (TPSA) is 85.9 Å². The van der Waals surface area contributed by atoms with Crippen molar-refractivity contribution in [3.63, 3.8) is 0 Å². The Morgan fingerprint density at radius 3 is 2.62 bits per heavy atom. The summed E-state index contributed by atoms with van der Waals surface area (Å²) in [4.78, 5) is 14.7. The zero-order valence-electron chi connectivity index (χ0n) is 18.0. The van der Waals surface area contributed by atoms with Crippen LogP contribution in [0.15, 0.2) is 53.9 Å². The molecule has 34 heavy (non-hydrogen) atoms. The first-order valence-corrected chi connectivity index (χ1v) is 10.8. The number of alkyl halides is 2. The minimum Gasteiger partial charge on any atom is -0.455 e. The van der Waals surface area contributed by atoms with Crippen LogP contribution in [0.3, 0.4) is 0 Å². The monoisotopic (exact) mass is 467 g/mol. The Morgan fingerprint density at radius 1 is 1.00 bits per heavy atom. The van der Waals surface area contributed by atoms with Crippen molar-refractivity contribution in [1.82, 2.24) is 9.97 Å². The summed E-state index contributed by atoms with van der Waals surface area (Å²) in [7, 11) is 0. The third kappa shape index (κ3) is 3.37. The molecule has 1 spiro atoms. The molecule has 1 unspecified atom stereocenters. The van der Waals surface area contributed by atoms with Crippen LogP contribution < -0.4 is 15.4 Å². The molecule has 5 heterocycles. The van der Waals surface area contributed by atoms with Crippen molar-refractivity contribution in [3.8, 4) is 22.6 Å². The molecule has 1 fully saturated rings. The number of anilines is 1. The molecule has 0 aliphatic carbocycles. The number of amidine groups is 1. The zero-order valence-corrected chi connectivity index (χ0v) is 18.0. The Labute approximate surface area is 193 Å². The Morgan fingerprint density at radius 2 is 1.85 bits per heavy atom. The fourth-order valence-corrected chi connectivity index (χ4v) is 4.78. The molecule has 1 atom stereocenters. The van der Waals surface area contributed by atoms with Crippen molar-refractivity contribution in [1.29, 1.82) is 0 Å². The normalized spacial score (nSPS) is 22.7. The lowest BCUT2D eigenvalue weighted by Gasteiger charge is -2.39. The maximum absolute atomic E-state index is 13.9. The van der Waals surface area contributed by atoms with E-state index >= 15 is 0 Å². The molecule has 6 rings (SSSR count). The summed E-state index contributed by atoms with van der Waals surface area (Å²) in [5.41, 5.74) is 7.65. The highest BCUT2D eigenvalue weighted by atomic mass is 19.3. The van der Waals surface area contributed by atoms with Gasteiger partial charge < -0.3 is 20.1 Å². The predicted octanol–water partition coefficient (Wildman–Crippen LogP) is 3.86. The third-order valence-corrected chi connectivity index (χ3v) is 6.37. The summed E-state index contributed by atoms with van der Waals surface area (Å²) in [5, 5.41) is 0. The molecule has 7 nitrogen and oxygen atoms in total. The van der Waals surface area contributed by atoms with Crippen LogP contribution in [0.2, 0.25) is 0 Å². The lowest BCUT2D eigenvalue weighted by molar-refractivity contribution is 0.0256. The lowest BCUT2D eigenvalue weighted by Crippen LogP contribution is -2.42. The van der Waals surface area contributed by atoms with E-state index in [1.165, 1.54) is 12.3 Å². The summed E-state index contributed by atoms with van der Waals surface area (Å²) in [6.45, 7) is 0.141. The van der Waals surface area contributed by atoms with Gasteiger partial charge in [-0.05, 0) is 29.8 Å². The molecular weight excluding hydrogens is 447 g/mol. The van der Waals surface area contributed by atoms with Crippen molar-refractivity contribution in [2.24, 2.45) is 10.7 Å². The van der Waals surface area contributed by atoms with Crippen LogP contribution in [-0.4, -0.2) is 48.0 Å². The van der Waals surface area contributed by atoms with Gasteiger partial charge in [0.2, 0.25) is 0 Å². The van der Waals surface area contributed by atoms with Crippen molar-refractivity contribution in [2.75, 3.05) is 31.2 Å². The quantitative estimate of drug-likeness (QED) is 0.616. The summed E-state index contributed by atoms with van der Waals surface area (Å²) >= 11 is 0. The lowest BCUT2D eigenvalue weighted by atomic mass is 9.80. The molecule has 3 aliphatic heterocycles. The highest BCUT2D eigenvalue weighted by Crippen LogP contribution is 2.51. The Hall–Kier alpha value is -3.66. The smallest absolute Gasteiger partial charge is 0.266 e. The molecular formula is C24H20F3N5O2. The van der Waals surface area contributed by atoms with Gasteiger partial charge in [-0.2, -0.15) is 0 Å². The van der Waals surface area contributed by atoms with E-state index in [0.717, 1.165) is 6.20 Å². The summed E-state index contributed by atoms with van der Waals surface area (Å²) in [5.74, 6) is -1.52. The first kappa shape index (κ1) is 20.9. The van der Waals surface area contributed by atoms with Crippen LogP contribution in [0.1, 0.15) is 17.5 Å². The van der Waals surface area contributed by atoms with E-state index in [0.29, 0.717) is 45.4 Å². The molecule has 0 radical (unpaired) electrons. The third-order valence-electron chi connectivity index (χ3n) is 6.37. The fourth-order valence-electron chi connectivity index (χ4n) is 4.78. The van der Waals surface area contributed by atoms with E-state index in [9.17, 15) is 13.2 Å². The van der Waals surface area contributed by atoms with Crippen LogP contribution >= 0.6 is 0 Å². The van der Waals surface area contributed by atoms with Crippen molar-refractivity contribution in [2.45, 2.75) is 17.9 Å². The average Bonchev–Trinajstić information content (AvgIpc) is 3.19. The molecule has 2 aromatic heterocycles. The first-order valence-electron chi connectivity index (χ1n) is 10.8. The number of aliphatic imine (C=N–C) groups is 1. The maximum atomic E-state index is 13.9. The second-order valence-electron chi connectivity index (χ2n) is 8.73. The number of fused-ring (bicyclic) bond motifs is 4. The van der Waals surface area contributed by atoms with Gasteiger partial charge in [0.1, 0.15) is 35.4 Å². The second-order valence-corrected chi connectivity index (χ2v) is 8.73. The van der Waals surface area contributed by atoms with E-state index in [4.69, 9.17) is 20.2 Å². The predicted molar refractivity (Wildman–Crippen MR) is 119 cm³/mol. The minimum absolute atomic E-state index is 0.168. The maximum Gasteiger partial charge on any atom is 0.266 e. The highest BCUT2D eigenvalue weighted by molar-refractivity contribution is 5.84. The van der Waals surface area contributed by atoms with Gasteiger partial charge in [-0.25, -0.2) is 18.2 Å². The fraction of sp³-hybridized carbons (Fsp3) is 0.292. The highest BCUT2D eigenvalue weighted by Gasteiger charge is 2.46. The molecule has 10 heteroatoms. The number of aromatic nitrogens is 2. The molecule has 0 saturated carbocycles. The van der Waals surface area contributed by atoms with E-state index in [1.54, 1.807) is 29.3 Å². The average molecular weight is 467 g/mol. The molecule has 2 N–H and O–H groups in total. The minimum atomic E-state index is -2.76. The van der Waals surface area contributed by atoms with E-state index in [2.05, 4.69) is 9.97 Å². The number of hydrogen-bond donors (Lipinski definition) is 1. The Bertz CT molecular complexity index is 1330. The summed E-state index contributed by atoms with van der Waals surface area (Å²) < 4.78 is 53.5. The van der Waals surface area contributed by atoms with Crippen LogP contribution in [0, 0.1) is 5.82 Å². The number of hydrogen-bond acceptors (Lipinski definition) is 7. The van der Waals surface area contributed by atoms with Gasteiger partial charge in [0.25, 0.3) is 5.92 Å². The van der Waals surface area contributed by atoms with Crippen LogP contribution in [0.5, 0.6) is 11.5 Å². The van der Waals surface area contributed by atoms with Gasteiger partial charge in [0.05, 0.1) is 25.5 Å². The number of pyridine rings is 2. The van der Waals surface area contributed by atoms with Gasteiger partial charge >= 0.3 is 0 Å². The van der Waals surface area contributed by atoms with Gasteiger partial charge in [0, 0.05) is 35.9 Å². The number of ether oxygens (including phenoxy) is 2. The van der Waals surface area contributed by atoms with Gasteiger partial charge in [0.15, 0.2) is 5.75 Å². The van der Waals surface area contributed by atoms with Gasteiger partial charge in [-0.1, -0.05) is 6.07 Å². The van der Waals surface area contributed by atoms with Crippen molar-refractivity contribution >= 4 is 11.7 Å². The van der Waals surface area contributed by atoms with Crippen LogP contribution in [-0.2, 0) is 10.3 Å². The Balaban J connectivity index is 1.51. The number of benzene rings is 1. The largest absolute Gasteiger partial charge is 0.455 e. The summed E-state index contributed by atoms with van der Waals surface area (Å²) in [6, 6.07) is 8.55. The van der Waals surface area contributed by atoms with Crippen LogP contribution in [0.25, 0.3) is 11.1 Å². The summed E-state index contributed by atoms with van der Waals surface area (Å²) in [6.07, 6.45) is 4.00. The molecule has 3 aliphatic rings. The van der Waals surface area contributed by atoms with Gasteiger partial charge in [-0.15, -0.1) is 0 Å². The SMILES string of the molecule is NC1=NC2(COC1)c1cc(-c3cncc(F)c3)ccc1Oc1cnc(N3CCC(F)(F)C3)cc12. The zero-order chi connectivity index (χ0) is 23.5. The molecule has 0 bridgehead atoms. The first-order chi connectivity index (χ1) is 16.3. The van der Waals surface area contributed by atoms with Crippen molar-refractivity contribution in [3.05, 3.63) is 65.9 Å². The van der Waals surface area contributed by atoms with E-state index < -0.39 is 23.8 Å². The number of nitrogens with zero attached hydrogens (tertiary/aromatic N) is 4. The van der Waals surface area contributed by atoms with Crippen molar-refractivity contribution < 1.29 is 22.6 Å². The number of nitrogens with two attached hydrogens (primary N) is 1. The second kappa shape index (κ2) is 7.42. The number of halogens is 3. The molecule has 1 saturated heterocycles. The van der Waals surface area contributed by atoms with Gasteiger partial charge in [-0.3, -0.25) is 9.98 Å². The number of rotatable bonds is 2. The molecule has 174 valence electrons. The van der Waals surface area contributed by atoms with E-state index in [-0.39, 0.29) is 26.2 Å². The molecule has 0 amide bonds. The molecule has 1 aromatic carbocycles. The molecule has 3 aromatic rings. The Kier molecular flexibility index (Phi) is 4.57. The van der Waals surface area contributed by atoms with Crippen LogP contribution in [0.4, 0.5) is 19.0 Å². The standard InChI is InChI=1S/C24H20F3N5O2/c25-16-5-15(8-29-9-16)14-1-2-19-17(6-14)24(13-33-11-21(28)31-24)18-7-22(30-10-20(18)34-19)32-4-3-23(26,27)12-32/h1-2,5-10H,3-4,11-13H2,(H2,28,31).